The van der Waals surface area contributed by atoms with Gasteiger partial charge in [-0.05, 0) is 150 Å². The van der Waals surface area contributed by atoms with E-state index in [0.29, 0.717) is 43.6 Å². The van der Waals surface area contributed by atoms with Crippen LogP contribution in [0.4, 0.5) is 9.59 Å². The molecule has 13 heteroatoms. The maximum absolute atomic E-state index is 13.1. The number of aliphatic hydroxyl groups excluding tert-OH is 1. The molecule has 0 aliphatic heterocycles. The number of carbonyl (C=O) groups excluding carboxylic acids is 2. The molecule has 2 aromatic carbocycles. The standard InChI is InChI=1S/C47H71N3O8S2/c1-11-35-39-28-32(58-43(53)50-60(56,57)34-18-14-31(15-19-34)45(6,7)8)22-25-47(39,10)38-23-26-46(9)36(20-21-37(46)40(38)41(35)51)29(2)24-27-48-42(52)49-59(54,55)33-16-12-30(13-17-33)44(3,4)5/h12-19,29,32,35-41,51H,11,20-28H2,1-10H3,(H,50,53)(H2,48,49,52)/t29-,32-,35-,36-,37+,38+,39+,40+,41-,46-,47-/m1/s1. The zero-order valence-electron chi connectivity index (χ0n) is 37.5. The van der Waals surface area contributed by atoms with Crippen LogP contribution in [-0.4, -0.2) is 52.8 Å². The van der Waals surface area contributed by atoms with Gasteiger partial charge in [-0.1, -0.05) is 99.9 Å². The second-order valence-electron chi connectivity index (χ2n) is 21.3. The van der Waals surface area contributed by atoms with Crippen LogP contribution in [0.1, 0.15) is 138 Å². The van der Waals surface area contributed by atoms with E-state index in [1.54, 1.807) is 24.3 Å². The summed E-state index contributed by atoms with van der Waals surface area (Å²) in [5.74, 6) is 1.71. The second-order valence-corrected chi connectivity index (χ2v) is 24.6. The van der Waals surface area contributed by atoms with Gasteiger partial charge in [0.2, 0.25) is 0 Å². The normalized spacial score (nSPS) is 32.5. The second kappa shape index (κ2) is 16.8. The van der Waals surface area contributed by atoms with Gasteiger partial charge >= 0.3 is 12.1 Å². The van der Waals surface area contributed by atoms with E-state index in [0.717, 1.165) is 49.7 Å². The molecule has 4 N–H and O–H groups in total. The van der Waals surface area contributed by atoms with Crippen molar-refractivity contribution in [1.29, 1.82) is 0 Å². The number of benzene rings is 2. The zero-order chi connectivity index (χ0) is 44.2. The third kappa shape index (κ3) is 9.15. The highest BCUT2D eigenvalue weighted by molar-refractivity contribution is 7.90. The lowest BCUT2D eigenvalue weighted by Gasteiger charge is -2.64. The first-order valence-corrected chi connectivity index (χ1v) is 25.2. The molecule has 0 radical (unpaired) electrons. The van der Waals surface area contributed by atoms with E-state index in [4.69, 9.17) is 4.74 Å². The number of urea groups is 1. The molecule has 6 rings (SSSR count). The maximum Gasteiger partial charge on any atom is 0.421 e. The molecule has 4 saturated carbocycles. The van der Waals surface area contributed by atoms with Crippen molar-refractivity contribution in [3.05, 3.63) is 59.7 Å². The highest BCUT2D eigenvalue weighted by Crippen LogP contribution is 2.69. The molecule has 11 atom stereocenters. The molecule has 4 aliphatic rings. The monoisotopic (exact) mass is 869 g/mol. The molecule has 0 heterocycles. The van der Waals surface area contributed by atoms with Gasteiger partial charge < -0.3 is 15.2 Å². The van der Waals surface area contributed by atoms with Crippen LogP contribution < -0.4 is 14.8 Å². The third-order valence-electron chi connectivity index (χ3n) is 15.8. The number of nitrogens with one attached hydrogen (secondary N) is 3. The van der Waals surface area contributed by atoms with Crippen LogP contribution in [0, 0.1) is 52.3 Å². The van der Waals surface area contributed by atoms with E-state index in [-0.39, 0.29) is 55.1 Å². The van der Waals surface area contributed by atoms with Gasteiger partial charge in [0.1, 0.15) is 6.10 Å². The van der Waals surface area contributed by atoms with Gasteiger partial charge in [0.25, 0.3) is 20.0 Å². The van der Waals surface area contributed by atoms with Gasteiger partial charge in [-0.25, -0.2) is 35.9 Å². The Morgan fingerprint density at radius 3 is 1.82 bits per heavy atom. The number of hydrogen-bond donors (Lipinski definition) is 4. The highest BCUT2D eigenvalue weighted by Gasteiger charge is 2.65. The van der Waals surface area contributed by atoms with Gasteiger partial charge in [-0.3, -0.25) is 0 Å². The number of aliphatic hydroxyl groups is 1. The van der Waals surface area contributed by atoms with Crippen LogP contribution in [0.3, 0.4) is 0 Å². The zero-order valence-corrected chi connectivity index (χ0v) is 39.1. The van der Waals surface area contributed by atoms with Gasteiger partial charge in [0.05, 0.1) is 15.9 Å². The average molecular weight is 870 g/mol. The maximum atomic E-state index is 13.1. The van der Waals surface area contributed by atoms with Crippen molar-refractivity contribution in [2.75, 3.05) is 6.54 Å². The Labute approximate surface area is 360 Å². The number of rotatable bonds is 10. The summed E-state index contributed by atoms with van der Waals surface area (Å²) in [5.41, 5.74) is 1.73. The fourth-order valence-electron chi connectivity index (χ4n) is 12.5. The average Bonchev–Trinajstić information content (AvgIpc) is 3.51. The van der Waals surface area contributed by atoms with Crippen molar-refractivity contribution in [2.45, 2.75) is 160 Å². The number of hydrogen-bond acceptors (Lipinski definition) is 8. The van der Waals surface area contributed by atoms with Crippen molar-refractivity contribution in [1.82, 2.24) is 14.8 Å². The molecular weight excluding hydrogens is 799 g/mol. The largest absolute Gasteiger partial charge is 0.446 e. The highest BCUT2D eigenvalue weighted by atomic mass is 32.2. The Hall–Kier alpha value is -3.16. The van der Waals surface area contributed by atoms with E-state index in [1.165, 1.54) is 24.3 Å². The summed E-state index contributed by atoms with van der Waals surface area (Å²) in [6.07, 6.45) is 5.86. The number of amides is 3. The van der Waals surface area contributed by atoms with Crippen LogP contribution in [0.25, 0.3) is 0 Å². The quantitative estimate of drug-likeness (QED) is 0.184. The molecule has 4 fully saturated rings. The van der Waals surface area contributed by atoms with Crippen LogP contribution in [0.15, 0.2) is 58.3 Å². The first kappa shape index (κ1) is 46.3. The van der Waals surface area contributed by atoms with Crippen molar-refractivity contribution in [2.24, 2.45) is 52.3 Å². The molecule has 334 valence electrons. The summed E-state index contributed by atoms with van der Waals surface area (Å²) in [6.45, 7) is 21.9. The van der Waals surface area contributed by atoms with Crippen molar-refractivity contribution >= 4 is 32.2 Å². The summed E-state index contributed by atoms with van der Waals surface area (Å²) in [7, 11) is -8.12. The topological polar surface area (TPSA) is 168 Å². The van der Waals surface area contributed by atoms with E-state index >= 15 is 0 Å². The summed E-state index contributed by atoms with van der Waals surface area (Å²) in [5, 5.41) is 15.1. The Bertz CT molecular complexity index is 2090. The van der Waals surface area contributed by atoms with Crippen LogP contribution in [0.2, 0.25) is 0 Å². The summed E-state index contributed by atoms with van der Waals surface area (Å²) >= 11 is 0. The summed E-state index contributed by atoms with van der Waals surface area (Å²) in [6, 6.07) is 12.4. The lowest BCUT2D eigenvalue weighted by atomic mass is 9.41. The van der Waals surface area contributed by atoms with E-state index < -0.39 is 44.4 Å². The minimum atomic E-state index is -4.11. The van der Waals surface area contributed by atoms with E-state index in [2.05, 4.69) is 63.2 Å². The third-order valence-corrected chi connectivity index (χ3v) is 18.5. The van der Waals surface area contributed by atoms with E-state index in [1.807, 2.05) is 20.8 Å². The van der Waals surface area contributed by atoms with Crippen LogP contribution in [0.5, 0.6) is 0 Å². The Kier molecular flexibility index (Phi) is 13.0. The molecule has 0 bridgehead atoms. The lowest BCUT2D eigenvalue weighted by Crippen LogP contribution is -2.62. The lowest BCUT2D eigenvalue weighted by molar-refractivity contribution is -0.203. The molecule has 4 aliphatic carbocycles. The minimum absolute atomic E-state index is 0.00925. The SMILES string of the molecule is CC[C@H]1[C@@H](O)[C@@H]2[C@H](CC[C@]3(C)[C@@H]([C@H](C)CCNC(=O)NS(=O)(=O)c4ccc(C(C)(C)C)cc4)CC[C@@H]23)[C@@]2(C)CC[C@@H](OC(=O)NS(=O)(=O)c3ccc(C(C)(C)C)cc3)C[C@@H]12. The first-order chi connectivity index (χ1) is 27.8. The number of sulfonamides is 2. The number of fused-ring (bicyclic) bond motifs is 5. The van der Waals surface area contributed by atoms with Gasteiger partial charge in [0, 0.05) is 6.54 Å². The smallest absolute Gasteiger partial charge is 0.421 e. The first-order valence-electron chi connectivity index (χ1n) is 22.2. The van der Waals surface area contributed by atoms with Crippen molar-refractivity contribution in [3.63, 3.8) is 0 Å². The van der Waals surface area contributed by atoms with Crippen molar-refractivity contribution in [3.8, 4) is 0 Å². The fourth-order valence-corrected chi connectivity index (χ4v) is 14.3. The molecule has 2 aromatic rings. The molecule has 0 saturated heterocycles. The molecule has 0 unspecified atom stereocenters. The minimum Gasteiger partial charge on any atom is -0.446 e. The molecule has 0 spiro atoms. The van der Waals surface area contributed by atoms with Crippen LogP contribution in [-0.2, 0) is 35.6 Å². The Morgan fingerprint density at radius 1 is 0.767 bits per heavy atom. The predicted molar refractivity (Wildman–Crippen MR) is 234 cm³/mol. The molecule has 0 aromatic heterocycles. The van der Waals surface area contributed by atoms with Gasteiger partial charge in [-0.15, -0.1) is 0 Å². The van der Waals surface area contributed by atoms with Crippen molar-refractivity contribution < 1.29 is 36.3 Å². The number of ether oxygens (including phenoxy) is 1. The molecule has 3 amide bonds. The predicted octanol–water partition coefficient (Wildman–Crippen LogP) is 9.05. The summed E-state index contributed by atoms with van der Waals surface area (Å²) in [4.78, 5) is 25.9. The summed E-state index contributed by atoms with van der Waals surface area (Å²) < 4.78 is 62.3. The van der Waals surface area contributed by atoms with Crippen LogP contribution >= 0.6 is 0 Å². The Balaban J connectivity index is 1.05. The molecule has 60 heavy (non-hydrogen) atoms. The van der Waals surface area contributed by atoms with Gasteiger partial charge in [-0.2, -0.15) is 0 Å². The fraction of sp³-hybridized carbons (Fsp3) is 0.702. The number of carbonyl (C=O) groups is 2. The molecule has 11 nitrogen and oxygen atoms in total. The Morgan fingerprint density at radius 2 is 1.28 bits per heavy atom. The van der Waals surface area contributed by atoms with Gasteiger partial charge in [0.15, 0.2) is 0 Å². The molecular formula is C47H71N3O8S2. The van der Waals surface area contributed by atoms with E-state index in [9.17, 15) is 31.5 Å².